The zero-order chi connectivity index (χ0) is 19.6. The number of nitrogens with one attached hydrogen (secondary N) is 1. The quantitative estimate of drug-likeness (QED) is 0.726. The van der Waals surface area contributed by atoms with Gasteiger partial charge in [0.1, 0.15) is 0 Å². The van der Waals surface area contributed by atoms with Crippen molar-refractivity contribution in [2.75, 3.05) is 20.6 Å². The minimum atomic E-state index is -3.67. The first kappa shape index (κ1) is 21.2. The number of sulfonamides is 1. The Labute approximate surface area is 161 Å². The number of hydrogen-bond donors (Lipinski definition) is 1. The molecule has 1 aromatic rings. The van der Waals surface area contributed by atoms with Gasteiger partial charge in [-0.25, -0.2) is 8.42 Å². The van der Waals surface area contributed by atoms with Gasteiger partial charge < -0.3 is 5.32 Å². The topological polar surface area (TPSA) is 69.7 Å². The molecule has 0 saturated heterocycles. The maximum atomic E-state index is 12.6. The molecule has 1 aromatic carbocycles. The van der Waals surface area contributed by atoms with Gasteiger partial charge in [-0.15, -0.1) is 0 Å². The lowest BCUT2D eigenvalue weighted by Gasteiger charge is -2.25. The standard InChI is InChI=1S/C18H28ClN3O3S/c1-12(2)22(5)26(24,25)15-8-9-17(19)16(10-15)18(23)20-11-13(3)21(4)14-6-7-14/h8-10,12-14H,6-7,11H2,1-5H3,(H,20,23). The molecule has 0 aromatic heterocycles. The number of carbonyl (C=O) groups is 1. The Kier molecular flexibility index (Phi) is 6.71. The highest BCUT2D eigenvalue weighted by Crippen LogP contribution is 2.27. The minimum absolute atomic E-state index is 0.0615. The Hall–Kier alpha value is -1.15. The van der Waals surface area contributed by atoms with Crippen molar-refractivity contribution in [3.8, 4) is 0 Å². The summed E-state index contributed by atoms with van der Waals surface area (Å²) in [7, 11) is -0.103. The van der Waals surface area contributed by atoms with Crippen molar-refractivity contribution >= 4 is 27.5 Å². The molecule has 0 aliphatic heterocycles. The fourth-order valence-corrected chi connectivity index (χ4v) is 4.20. The van der Waals surface area contributed by atoms with Gasteiger partial charge in [0.25, 0.3) is 5.91 Å². The zero-order valence-corrected chi connectivity index (χ0v) is 17.6. The molecule has 8 heteroatoms. The number of rotatable bonds is 8. The Morgan fingerprint density at radius 1 is 1.27 bits per heavy atom. The lowest BCUT2D eigenvalue weighted by atomic mass is 10.2. The molecule has 1 amide bonds. The molecule has 0 bridgehead atoms. The maximum Gasteiger partial charge on any atom is 0.252 e. The fourth-order valence-electron chi connectivity index (χ4n) is 2.60. The van der Waals surface area contributed by atoms with E-state index in [4.69, 9.17) is 11.6 Å². The molecular formula is C18H28ClN3O3S. The second-order valence-corrected chi connectivity index (χ2v) is 9.62. The van der Waals surface area contributed by atoms with Crippen molar-refractivity contribution < 1.29 is 13.2 Å². The van der Waals surface area contributed by atoms with E-state index in [9.17, 15) is 13.2 Å². The van der Waals surface area contributed by atoms with Crippen LogP contribution in [0.5, 0.6) is 0 Å². The summed E-state index contributed by atoms with van der Waals surface area (Å²) >= 11 is 6.14. The molecule has 1 aliphatic carbocycles. The van der Waals surface area contributed by atoms with E-state index < -0.39 is 10.0 Å². The van der Waals surface area contributed by atoms with Crippen LogP contribution < -0.4 is 5.32 Å². The third-order valence-electron chi connectivity index (χ3n) is 4.96. The van der Waals surface area contributed by atoms with Crippen LogP contribution in [0.2, 0.25) is 5.02 Å². The highest BCUT2D eigenvalue weighted by atomic mass is 35.5. The molecule has 0 heterocycles. The minimum Gasteiger partial charge on any atom is -0.350 e. The van der Waals surface area contributed by atoms with Crippen LogP contribution in [0.25, 0.3) is 0 Å². The van der Waals surface area contributed by atoms with E-state index in [1.54, 1.807) is 13.8 Å². The largest absolute Gasteiger partial charge is 0.350 e. The molecule has 1 atom stereocenters. The van der Waals surface area contributed by atoms with E-state index in [1.807, 2.05) is 0 Å². The molecule has 1 unspecified atom stereocenters. The van der Waals surface area contributed by atoms with Gasteiger partial charge in [-0.2, -0.15) is 4.31 Å². The van der Waals surface area contributed by atoms with Crippen LogP contribution in [0.15, 0.2) is 23.1 Å². The molecule has 6 nitrogen and oxygen atoms in total. The van der Waals surface area contributed by atoms with Crippen molar-refractivity contribution in [2.24, 2.45) is 0 Å². The number of likely N-dealkylation sites (N-methyl/N-ethyl adjacent to an activating group) is 1. The van der Waals surface area contributed by atoms with Gasteiger partial charge in [-0.05, 0) is 58.9 Å². The van der Waals surface area contributed by atoms with Crippen LogP contribution >= 0.6 is 11.6 Å². The second-order valence-electron chi connectivity index (χ2n) is 7.21. The SMILES string of the molecule is CC(CNC(=O)c1cc(S(=O)(=O)N(C)C(C)C)ccc1Cl)N(C)C1CC1. The van der Waals surface area contributed by atoms with E-state index in [1.165, 1.54) is 42.4 Å². The first-order chi connectivity index (χ1) is 12.1. The second kappa shape index (κ2) is 8.25. The monoisotopic (exact) mass is 401 g/mol. The summed E-state index contributed by atoms with van der Waals surface area (Å²) in [5.74, 6) is -0.365. The van der Waals surface area contributed by atoms with Crippen LogP contribution in [0.3, 0.4) is 0 Å². The molecule has 0 spiro atoms. The van der Waals surface area contributed by atoms with Crippen LogP contribution in [-0.4, -0.2) is 62.3 Å². The molecule has 2 rings (SSSR count). The average Bonchev–Trinajstić information content (AvgIpc) is 3.42. The van der Waals surface area contributed by atoms with Crippen molar-refractivity contribution in [2.45, 2.75) is 56.6 Å². The van der Waals surface area contributed by atoms with Gasteiger partial charge in [-0.3, -0.25) is 9.69 Å². The van der Waals surface area contributed by atoms with Crippen LogP contribution in [0.4, 0.5) is 0 Å². The molecule has 1 N–H and O–H groups in total. The summed E-state index contributed by atoms with van der Waals surface area (Å²) in [6.45, 7) is 6.11. The number of halogens is 1. The highest BCUT2D eigenvalue weighted by molar-refractivity contribution is 7.89. The number of benzene rings is 1. The van der Waals surface area contributed by atoms with Crippen LogP contribution in [-0.2, 0) is 10.0 Å². The van der Waals surface area contributed by atoms with E-state index in [0.717, 1.165) is 0 Å². The van der Waals surface area contributed by atoms with E-state index in [2.05, 4.69) is 24.2 Å². The van der Waals surface area contributed by atoms with E-state index in [-0.39, 0.29) is 33.5 Å². The van der Waals surface area contributed by atoms with Gasteiger partial charge in [0.2, 0.25) is 10.0 Å². The first-order valence-electron chi connectivity index (χ1n) is 8.83. The molecule has 146 valence electrons. The average molecular weight is 402 g/mol. The van der Waals surface area contributed by atoms with Gasteiger partial charge in [0.05, 0.1) is 15.5 Å². The zero-order valence-electron chi connectivity index (χ0n) is 16.0. The first-order valence-corrected chi connectivity index (χ1v) is 10.6. The fraction of sp³-hybridized carbons (Fsp3) is 0.611. The van der Waals surface area contributed by atoms with Gasteiger partial charge >= 0.3 is 0 Å². The van der Waals surface area contributed by atoms with Crippen molar-refractivity contribution in [1.29, 1.82) is 0 Å². The summed E-state index contributed by atoms with van der Waals surface area (Å²) in [5, 5.41) is 3.09. The van der Waals surface area contributed by atoms with Crippen molar-refractivity contribution in [1.82, 2.24) is 14.5 Å². The van der Waals surface area contributed by atoms with Crippen molar-refractivity contribution in [3.63, 3.8) is 0 Å². The maximum absolute atomic E-state index is 12.6. The molecule has 1 saturated carbocycles. The molecule has 0 radical (unpaired) electrons. The van der Waals surface area contributed by atoms with Crippen LogP contribution in [0, 0.1) is 0 Å². The molecular weight excluding hydrogens is 374 g/mol. The van der Waals surface area contributed by atoms with Crippen molar-refractivity contribution in [3.05, 3.63) is 28.8 Å². The predicted molar refractivity (Wildman–Crippen MR) is 104 cm³/mol. The Balaban J connectivity index is 2.14. The number of carbonyl (C=O) groups excluding carboxylic acids is 1. The highest BCUT2D eigenvalue weighted by Gasteiger charge is 2.29. The summed E-state index contributed by atoms with van der Waals surface area (Å²) < 4.78 is 26.6. The summed E-state index contributed by atoms with van der Waals surface area (Å²) in [6.07, 6.45) is 2.40. The lowest BCUT2D eigenvalue weighted by Crippen LogP contribution is -2.41. The third kappa shape index (κ3) is 4.76. The predicted octanol–water partition coefficient (Wildman–Crippen LogP) is 2.58. The lowest BCUT2D eigenvalue weighted by molar-refractivity contribution is 0.0939. The number of nitrogens with zero attached hydrogens (tertiary/aromatic N) is 2. The molecule has 1 fully saturated rings. The van der Waals surface area contributed by atoms with Gasteiger partial charge in [0.15, 0.2) is 0 Å². The van der Waals surface area contributed by atoms with Crippen LogP contribution in [0.1, 0.15) is 44.0 Å². The summed E-state index contributed by atoms with van der Waals surface area (Å²) in [5.41, 5.74) is 0.172. The Morgan fingerprint density at radius 2 is 1.88 bits per heavy atom. The Bertz CT molecular complexity index is 763. The number of amides is 1. The Morgan fingerprint density at radius 3 is 2.42 bits per heavy atom. The van der Waals surface area contributed by atoms with E-state index >= 15 is 0 Å². The van der Waals surface area contributed by atoms with Gasteiger partial charge in [-0.1, -0.05) is 11.6 Å². The van der Waals surface area contributed by atoms with E-state index in [0.29, 0.717) is 12.6 Å². The molecule has 1 aliphatic rings. The van der Waals surface area contributed by atoms with Gasteiger partial charge in [0, 0.05) is 31.7 Å². The summed E-state index contributed by atoms with van der Waals surface area (Å²) in [6, 6.07) is 4.84. The smallest absolute Gasteiger partial charge is 0.252 e. The number of hydrogen-bond acceptors (Lipinski definition) is 4. The summed E-state index contributed by atoms with van der Waals surface area (Å²) in [4.78, 5) is 14.9. The third-order valence-corrected chi connectivity index (χ3v) is 7.32. The molecule has 26 heavy (non-hydrogen) atoms. The normalized spacial score (nSPS) is 16.3.